The van der Waals surface area contributed by atoms with Gasteiger partial charge in [-0.25, -0.2) is 0 Å². The van der Waals surface area contributed by atoms with Crippen molar-refractivity contribution in [1.82, 2.24) is 0 Å². The van der Waals surface area contributed by atoms with E-state index in [1.165, 1.54) is 11.1 Å². The van der Waals surface area contributed by atoms with Gasteiger partial charge in [0.1, 0.15) is 11.5 Å². The minimum Gasteiger partial charge on any atom is -0.497 e. The molecule has 1 aromatic carbocycles. The Bertz CT molecular complexity index is 409. The summed E-state index contributed by atoms with van der Waals surface area (Å²) in [6, 6.07) is 4.02. The first kappa shape index (κ1) is 14.2. The van der Waals surface area contributed by atoms with E-state index in [4.69, 9.17) is 18.9 Å². The van der Waals surface area contributed by atoms with Crippen molar-refractivity contribution in [2.45, 2.75) is 31.5 Å². The van der Waals surface area contributed by atoms with Crippen molar-refractivity contribution in [3.8, 4) is 11.5 Å². The summed E-state index contributed by atoms with van der Waals surface area (Å²) in [6.45, 7) is 0. The Hall–Kier alpha value is -1.26. The van der Waals surface area contributed by atoms with E-state index in [-0.39, 0.29) is 12.2 Å². The molecule has 0 heterocycles. The second-order valence-corrected chi connectivity index (χ2v) is 4.74. The zero-order valence-corrected chi connectivity index (χ0v) is 12.1. The molecule has 0 aliphatic heterocycles. The summed E-state index contributed by atoms with van der Waals surface area (Å²) in [7, 11) is 6.72. The average molecular weight is 266 g/mol. The van der Waals surface area contributed by atoms with Gasteiger partial charge in [-0.3, -0.25) is 0 Å². The van der Waals surface area contributed by atoms with E-state index in [1.807, 2.05) is 6.07 Å². The number of hydrogen-bond acceptors (Lipinski definition) is 4. The van der Waals surface area contributed by atoms with Crippen LogP contribution >= 0.6 is 0 Å². The maximum Gasteiger partial charge on any atom is 0.163 e. The van der Waals surface area contributed by atoms with Crippen LogP contribution in [0.1, 0.15) is 29.9 Å². The molecule has 4 heteroatoms. The Balaban J connectivity index is 2.47. The molecule has 1 aromatic rings. The summed E-state index contributed by atoms with van der Waals surface area (Å²) in [6.07, 6.45) is 2.97. The number of methoxy groups -OCH3 is 4. The van der Waals surface area contributed by atoms with Crippen molar-refractivity contribution in [3.63, 3.8) is 0 Å². The number of hydrogen-bond donors (Lipinski definition) is 0. The van der Waals surface area contributed by atoms with Crippen LogP contribution in [0.4, 0.5) is 0 Å². The van der Waals surface area contributed by atoms with Crippen LogP contribution in [-0.2, 0) is 15.9 Å². The molecule has 0 saturated heterocycles. The normalized spacial score (nSPS) is 18.3. The van der Waals surface area contributed by atoms with Crippen molar-refractivity contribution < 1.29 is 18.9 Å². The molecule has 106 valence electrons. The third-order valence-corrected chi connectivity index (χ3v) is 3.78. The van der Waals surface area contributed by atoms with Gasteiger partial charge in [0.15, 0.2) is 6.29 Å². The summed E-state index contributed by atoms with van der Waals surface area (Å²) in [4.78, 5) is 0. The predicted octanol–water partition coefficient (Wildman–Crippen LogP) is 2.74. The highest BCUT2D eigenvalue weighted by atomic mass is 16.7. The molecule has 0 N–H and O–H groups in total. The zero-order valence-electron chi connectivity index (χ0n) is 12.1. The lowest BCUT2D eigenvalue weighted by molar-refractivity contribution is -0.121. The molecular weight excluding hydrogens is 244 g/mol. The fourth-order valence-electron chi connectivity index (χ4n) is 2.92. The number of fused-ring (bicyclic) bond motifs is 1. The molecule has 0 saturated carbocycles. The topological polar surface area (TPSA) is 36.9 Å². The molecule has 0 bridgehead atoms. The van der Waals surface area contributed by atoms with Gasteiger partial charge in [0, 0.05) is 31.8 Å². The van der Waals surface area contributed by atoms with Gasteiger partial charge in [-0.15, -0.1) is 0 Å². The number of rotatable bonds is 5. The number of ether oxygens (including phenoxy) is 4. The van der Waals surface area contributed by atoms with Crippen LogP contribution in [0.5, 0.6) is 11.5 Å². The van der Waals surface area contributed by atoms with Gasteiger partial charge in [0.25, 0.3) is 0 Å². The van der Waals surface area contributed by atoms with Crippen LogP contribution in [0.25, 0.3) is 0 Å². The van der Waals surface area contributed by atoms with Crippen molar-refractivity contribution in [2.24, 2.45) is 0 Å². The third-order valence-electron chi connectivity index (χ3n) is 3.78. The second kappa shape index (κ2) is 6.26. The Kier molecular flexibility index (Phi) is 4.66. The molecule has 19 heavy (non-hydrogen) atoms. The Morgan fingerprint density at radius 3 is 2.37 bits per heavy atom. The van der Waals surface area contributed by atoms with Crippen LogP contribution in [0.2, 0.25) is 0 Å². The largest absolute Gasteiger partial charge is 0.497 e. The highest BCUT2D eigenvalue weighted by Gasteiger charge is 2.31. The molecule has 1 aliphatic rings. The molecule has 0 radical (unpaired) electrons. The summed E-state index contributed by atoms with van der Waals surface area (Å²) in [5, 5.41) is 0. The molecule has 1 atom stereocenters. The van der Waals surface area contributed by atoms with E-state index >= 15 is 0 Å². The van der Waals surface area contributed by atoms with Gasteiger partial charge in [-0.2, -0.15) is 0 Å². The highest BCUT2D eigenvalue weighted by molar-refractivity contribution is 5.50. The van der Waals surface area contributed by atoms with Crippen molar-refractivity contribution in [1.29, 1.82) is 0 Å². The summed E-state index contributed by atoms with van der Waals surface area (Å²) >= 11 is 0. The average Bonchev–Trinajstić information content (AvgIpc) is 2.47. The van der Waals surface area contributed by atoms with Crippen molar-refractivity contribution >= 4 is 0 Å². The number of aryl methyl sites for hydroxylation is 1. The van der Waals surface area contributed by atoms with Gasteiger partial charge < -0.3 is 18.9 Å². The first-order valence-corrected chi connectivity index (χ1v) is 6.55. The fourth-order valence-corrected chi connectivity index (χ4v) is 2.92. The van der Waals surface area contributed by atoms with Gasteiger partial charge in [-0.05, 0) is 30.9 Å². The Morgan fingerprint density at radius 2 is 1.79 bits per heavy atom. The molecule has 4 nitrogen and oxygen atoms in total. The lowest BCUT2D eigenvalue weighted by Gasteiger charge is -2.32. The van der Waals surface area contributed by atoms with Gasteiger partial charge in [0.05, 0.1) is 14.2 Å². The van der Waals surface area contributed by atoms with E-state index in [9.17, 15) is 0 Å². The minimum atomic E-state index is -0.235. The fraction of sp³-hybridized carbons (Fsp3) is 0.600. The van der Waals surface area contributed by atoms with Crippen molar-refractivity contribution in [2.75, 3.05) is 28.4 Å². The van der Waals surface area contributed by atoms with E-state index in [0.29, 0.717) is 0 Å². The minimum absolute atomic E-state index is 0.208. The van der Waals surface area contributed by atoms with E-state index in [1.54, 1.807) is 28.4 Å². The van der Waals surface area contributed by atoms with E-state index in [0.717, 1.165) is 30.8 Å². The lowest BCUT2D eigenvalue weighted by Crippen LogP contribution is -2.27. The quantitative estimate of drug-likeness (QED) is 0.768. The SMILES string of the molecule is COc1cc2c(c(OC)c1)C(C(OC)OC)CCC2. The molecule has 0 amide bonds. The zero-order chi connectivity index (χ0) is 13.8. The first-order chi connectivity index (χ1) is 9.24. The molecule has 1 aliphatic carbocycles. The maximum atomic E-state index is 5.53. The first-order valence-electron chi connectivity index (χ1n) is 6.55. The molecule has 0 spiro atoms. The number of benzene rings is 1. The van der Waals surface area contributed by atoms with Crippen LogP contribution in [-0.4, -0.2) is 34.7 Å². The standard InChI is InChI=1S/C15H22O4/c1-16-11-8-10-6-5-7-12(15(18-3)19-4)14(10)13(9-11)17-2/h8-9,12,15H,5-7H2,1-4H3. The van der Waals surface area contributed by atoms with Crippen LogP contribution in [0.3, 0.4) is 0 Å². The van der Waals surface area contributed by atoms with Crippen molar-refractivity contribution in [3.05, 3.63) is 23.3 Å². The molecule has 0 aromatic heterocycles. The van der Waals surface area contributed by atoms with Crippen LogP contribution < -0.4 is 9.47 Å². The van der Waals surface area contributed by atoms with Crippen LogP contribution in [0, 0.1) is 0 Å². The maximum absolute atomic E-state index is 5.53. The molecule has 1 unspecified atom stereocenters. The third kappa shape index (κ3) is 2.69. The predicted molar refractivity (Wildman–Crippen MR) is 73.0 cm³/mol. The smallest absolute Gasteiger partial charge is 0.163 e. The molecular formula is C15H22O4. The van der Waals surface area contributed by atoms with Gasteiger partial charge in [-0.1, -0.05) is 0 Å². The van der Waals surface area contributed by atoms with E-state index in [2.05, 4.69) is 6.07 Å². The Labute approximate surface area is 114 Å². The monoisotopic (exact) mass is 266 g/mol. The second-order valence-electron chi connectivity index (χ2n) is 4.74. The molecule has 2 rings (SSSR count). The summed E-state index contributed by atoms with van der Waals surface area (Å²) in [5.74, 6) is 1.90. The summed E-state index contributed by atoms with van der Waals surface area (Å²) in [5.41, 5.74) is 2.47. The van der Waals surface area contributed by atoms with Gasteiger partial charge in [0.2, 0.25) is 0 Å². The lowest BCUT2D eigenvalue weighted by atomic mass is 9.81. The highest BCUT2D eigenvalue weighted by Crippen LogP contribution is 2.42. The summed E-state index contributed by atoms with van der Waals surface area (Å²) < 4.78 is 21.7. The molecule has 0 fully saturated rings. The van der Waals surface area contributed by atoms with E-state index < -0.39 is 0 Å². The Morgan fingerprint density at radius 1 is 1.05 bits per heavy atom. The van der Waals surface area contributed by atoms with Crippen LogP contribution in [0.15, 0.2) is 12.1 Å². The van der Waals surface area contributed by atoms with Gasteiger partial charge >= 0.3 is 0 Å².